The zero-order valence-electron chi connectivity index (χ0n) is 19.1. The van der Waals surface area contributed by atoms with Gasteiger partial charge in [-0.05, 0) is 75.5 Å². The SMILES string of the molecule is CCOC1(OCC)CC[C@H]2[C@@H]3CC=C4C[C@@H](OC(C)=O)CC[C@]4(C)[C@H]3CC[C@@]21C. The number of allylic oxidation sites excluding steroid dienone is 1. The Hall–Kier alpha value is -0.870. The van der Waals surface area contributed by atoms with Gasteiger partial charge in [-0.1, -0.05) is 25.5 Å². The van der Waals surface area contributed by atoms with Gasteiger partial charge in [0.25, 0.3) is 0 Å². The van der Waals surface area contributed by atoms with Gasteiger partial charge in [0.2, 0.25) is 0 Å². The molecule has 6 atom stereocenters. The largest absolute Gasteiger partial charge is 0.462 e. The fraction of sp³-hybridized carbons (Fsp3) is 0.880. The molecule has 4 aliphatic carbocycles. The zero-order valence-corrected chi connectivity index (χ0v) is 19.1. The highest BCUT2D eigenvalue weighted by Gasteiger charge is 2.65. The van der Waals surface area contributed by atoms with Gasteiger partial charge >= 0.3 is 5.97 Å². The molecule has 0 bridgehead atoms. The molecule has 0 N–H and O–H groups in total. The number of fused-ring (bicyclic) bond motifs is 5. The Balaban J connectivity index is 1.59. The third-order valence-electron chi connectivity index (χ3n) is 9.19. The Morgan fingerprint density at radius 1 is 1.03 bits per heavy atom. The van der Waals surface area contributed by atoms with Crippen LogP contribution in [0.2, 0.25) is 0 Å². The molecule has 4 nitrogen and oxygen atoms in total. The Bertz CT molecular complexity index is 664. The number of carbonyl (C=O) groups is 1. The standard InChI is InChI=1S/C25H40O4/c1-6-27-25(28-7-2)15-12-22-20-9-8-18-16-19(29-17(3)26)10-13-23(18,4)21(20)11-14-24(22,25)5/h8,19-22H,6-7,9-16H2,1-5H3/t19-,20+,21-,22-,23-,24-/m0/s1. The van der Waals surface area contributed by atoms with Gasteiger partial charge in [0.15, 0.2) is 5.79 Å². The van der Waals surface area contributed by atoms with Gasteiger partial charge in [-0.15, -0.1) is 0 Å². The summed E-state index contributed by atoms with van der Waals surface area (Å²) in [5.41, 5.74) is 1.93. The maximum Gasteiger partial charge on any atom is 0.302 e. The third-order valence-corrected chi connectivity index (χ3v) is 9.19. The van der Waals surface area contributed by atoms with Crippen LogP contribution in [0.3, 0.4) is 0 Å². The molecule has 4 rings (SSSR count). The average molecular weight is 405 g/mol. The number of esters is 1. The molecule has 0 unspecified atom stereocenters. The van der Waals surface area contributed by atoms with E-state index in [1.54, 1.807) is 5.57 Å². The summed E-state index contributed by atoms with van der Waals surface area (Å²) in [6.45, 7) is 12.1. The molecule has 0 aromatic carbocycles. The first-order valence-corrected chi connectivity index (χ1v) is 11.9. The van der Waals surface area contributed by atoms with E-state index in [9.17, 15) is 4.79 Å². The van der Waals surface area contributed by atoms with Crippen LogP contribution in [0.4, 0.5) is 0 Å². The minimum Gasteiger partial charge on any atom is -0.462 e. The summed E-state index contributed by atoms with van der Waals surface area (Å²) in [5.74, 6) is 1.58. The minimum atomic E-state index is -0.399. The predicted octanol–water partition coefficient (Wildman–Crippen LogP) is 5.65. The van der Waals surface area contributed by atoms with Crippen molar-refractivity contribution in [2.75, 3.05) is 13.2 Å². The van der Waals surface area contributed by atoms with Gasteiger partial charge in [-0.2, -0.15) is 0 Å². The van der Waals surface area contributed by atoms with E-state index in [0.717, 1.165) is 57.2 Å². The molecule has 0 aromatic rings. The molecular weight excluding hydrogens is 364 g/mol. The van der Waals surface area contributed by atoms with Crippen molar-refractivity contribution in [2.24, 2.45) is 28.6 Å². The highest BCUT2D eigenvalue weighted by Crippen LogP contribution is 2.68. The van der Waals surface area contributed by atoms with Crippen molar-refractivity contribution < 1.29 is 19.0 Å². The smallest absolute Gasteiger partial charge is 0.302 e. The molecule has 0 spiro atoms. The van der Waals surface area contributed by atoms with Crippen molar-refractivity contribution in [1.82, 2.24) is 0 Å². The summed E-state index contributed by atoms with van der Waals surface area (Å²) < 4.78 is 18.3. The van der Waals surface area contributed by atoms with Crippen LogP contribution in [0.25, 0.3) is 0 Å². The summed E-state index contributed by atoms with van der Waals surface area (Å²) in [5, 5.41) is 0. The van der Waals surface area contributed by atoms with Gasteiger partial charge in [0, 0.05) is 38.4 Å². The fourth-order valence-corrected chi connectivity index (χ4v) is 7.90. The van der Waals surface area contributed by atoms with E-state index in [1.807, 2.05) is 0 Å². The monoisotopic (exact) mass is 404 g/mol. The van der Waals surface area contributed by atoms with Crippen molar-refractivity contribution in [3.05, 3.63) is 11.6 Å². The molecule has 3 saturated carbocycles. The molecule has 4 heteroatoms. The first-order chi connectivity index (χ1) is 13.8. The molecule has 0 aliphatic heterocycles. The molecule has 3 fully saturated rings. The second-order valence-corrected chi connectivity index (χ2v) is 10.3. The topological polar surface area (TPSA) is 44.8 Å². The number of rotatable bonds is 5. The van der Waals surface area contributed by atoms with Crippen LogP contribution in [0, 0.1) is 28.6 Å². The summed E-state index contributed by atoms with van der Waals surface area (Å²) >= 11 is 0. The molecule has 0 saturated heterocycles. The maximum absolute atomic E-state index is 11.4. The summed E-state index contributed by atoms with van der Waals surface area (Å²) in [6.07, 6.45) is 11.5. The number of hydrogen-bond acceptors (Lipinski definition) is 4. The second kappa shape index (κ2) is 7.67. The van der Waals surface area contributed by atoms with E-state index in [0.29, 0.717) is 5.92 Å². The number of hydrogen-bond donors (Lipinski definition) is 0. The highest BCUT2D eigenvalue weighted by molar-refractivity contribution is 5.66. The fourth-order valence-electron chi connectivity index (χ4n) is 7.90. The van der Waals surface area contributed by atoms with Crippen LogP contribution in [-0.4, -0.2) is 31.1 Å². The van der Waals surface area contributed by atoms with Gasteiger partial charge in [0.05, 0.1) is 0 Å². The average Bonchev–Trinajstić information content (AvgIpc) is 2.95. The van der Waals surface area contributed by atoms with Gasteiger partial charge < -0.3 is 14.2 Å². The second-order valence-electron chi connectivity index (χ2n) is 10.3. The van der Waals surface area contributed by atoms with Crippen LogP contribution < -0.4 is 0 Å². The lowest BCUT2D eigenvalue weighted by atomic mass is 9.47. The summed E-state index contributed by atoms with van der Waals surface area (Å²) in [4.78, 5) is 11.4. The Morgan fingerprint density at radius 2 is 1.72 bits per heavy atom. The zero-order chi connectivity index (χ0) is 20.9. The third kappa shape index (κ3) is 3.20. The summed E-state index contributed by atoms with van der Waals surface area (Å²) in [7, 11) is 0. The van der Waals surface area contributed by atoms with Crippen molar-refractivity contribution >= 4 is 5.97 Å². The lowest BCUT2D eigenvalue weighted by Gasteiger charge is -2.59. The van der Waals surface area contributed by atoms with Gasteiger partial charge in [-0.25, -0.2) is 0 Å². The van der Waals surface area contributed by atoms with Crippen LogP contribution in [0.1, 0.15) is 86.0 Å². The van der Waals surface area contributed by atoms with Crippen molar-refractivity contribution in [2.45, 2.75) is 97.9 Å². The lowest BCUT2D eigenvalue weighted by molar-refractivity contribution is -0.297. The van der Waals surface area contributed by atoms with Crippen molar-refractivity contribution in [3.63, 3.8) is 0 Å². The van der Waals surface area contributed by atoms with E-state index in [-0.39, 0.29) is 22.9 Å². The quantitative estimate of drug-likeness (QED) is 0.337. The van der Waals surface area contributed by atoms with Gasteiger partial charge in [-0.3, -0.25) is 4.79 Å². The van der Waals surface area contributed by atoms with E-state index in [4.69, 9.17) is 14.2 Å². The maximum atomic E-state index is 11.4. The Labute approximate surface area is 176 Å². The molecule has 0 heterocycles. The Morgan fingerprint density at radius 3 is 2.38 bits per heavy atom. The molecule has 0 radical (unpaired) electrons. The van der Waals surface area contributed by atoms with Crippen LogP contribution in [-0.2, 0) is 19.0 Å². The number of carbonyl (C=O) groups excluding carboxylic acids is 1. The minimum absolute atomic E-state index is 0.0762. The molecule has 164 valence electrons. The highest BCUT2D eigenvalue weighted by atomic mass is 16.7. The van der Waals surface area contributed by atoms with Crippen LogP contribution in [0.15, 0.2) is 11.6 Å². The molecule has 0 amide bonds. The van der Waals surface area contributed by atoms with Crippen LogP contribution in [0.5, 0.6) is 0 Å². The van der Waals surface area contributed by atoms with E-state index in [1.165, 1.54) is 26.2 Å². The molecular formula is C25H40O4. The van der Waals surface area contributed by atoms with E-state index in [2.05, 4.69) is 33.8 Å². The normalized spacial score (nSPS) is 43.0. The predicted molar refractivity (Wildman–Crippen MR) is 113 cm³/mol. The molecule has 0 aromatic heterocycles. The lowest BCUT2D eigenvalue weighted by Crippen LogP contribution is -2.56. The van der Waals surface area contributed by atoms with Crippen LogP contribution >= 0.6 is 0 Å². The summed E-state index contributed by atoms with van der Waals surface area (Å²) in [6, 6.07) is 0. The van der Waals surface area contributed by atoms with Crippen molar-refractivity contribution in [1.29, 1.82) is 0 Å². The number of ether oxygens (including phenoxy) is 3. The molecule has 29 heavy (non-hydrogen) atoms. The first-order valence-electron chi connectivity index (χ1n) is 11.9. The first kappa shape index (κ1) is 21.4. The molecule has 4 aliphatic rings. The Kier molecular flexibility index (Phi) is 5.65. The van der Waals surface area contributed by atoms with E-state index < -0.39 is 5.79 Å². The van der Waals surface area contributed by atoms with E-state index >= 15 is 0 Å². The van der Waals surface area contributed by atoms with Gasteiger partial charge in [0.1, 0.15) is 6.10 Å². The van der Waals surface area contributed by atoms with Crippen molar-refractivity contribution in [3.8, 4) is 0 Å².